The van der Waals surface area contributed by atoms with Gasteiger partial charge in [-0.15, -0.1) is 0 Å². The van der Waals surface area contributed by atoms with Gasteiger partial charge < -0.3 is 16.0 Å². The number of hydrogen-bond acceptors (Lipinski definition) is 3. The van der Waals surface area contributed by atoms with Crippen LogP contribution in [0.3, 0.4) is 0 Å². The molecule has 1 saturated heterocycles. The lowest BCUT2D eigenvalue weighted by Gasteiger charge is -2.26. The highest BCUT2D eigenvalue weighted by Crippen LogP contribution is 2.22. The lowest BCUT2D eigenvalue weighted by atomic mass is 9.94. The Hall–Kier alpha value is -1.39. The molecule has 1 fully saturated rings. The van der Waals surface area contributed by atoms with E-state index in [1.807, 2.05) is 6.07 Å². The average Bonchev–Trinajstić information content (AvgIpc) is 2.87. The van der Waals surface area contributed by atoms with E-state index in [4.69, 9.17) is 5.73 Å². The molecule has 0 amide bonds. The first kappa shape index (κ1) is 11.7. The number of rotatable bonds is 3. The van der Waals surface area contributed by atoms with Crippen LogP contribution in [0.5, 0.6) is 0 Å². The molecule has 1 aliphatic rings. The van der Waals surface area contributed by atoms with Crippen molar-refractivity contribution in [2.75, 3.05) is 6.54 Å². The van der Waals surface area contributed by atoms with Crippen LogP contribution in [0.2, 0.25) is 0 Å². The summed E-state index contributed by atoms with van der Waals surface area (Å²) in [5.74, 6) is 0. The number of hydrogen-bond donors (Lipinski definition) is 3. The Morgan fingerprint density at radius 3 is 3.17 bits per heavy atom. The van der Waals surface area contributed by atoms with Gasteiger partial charge in [0.15, 0.2) is 0 Å². The van der Waals surface area contributed by atoms with Crippen LogP contribution in [0, 0.1) is 0 Å². The molecule has 2 unspecified atom stereocenters. The first-order valence-electron chi connectivity index (χ1n) is 6.75. The van der Waals surface area contributed by atoms with Crippen molar-refractivity contribution in [2.24, 2.45) is 5.73 Å². The Labute approximate surface area is 107 Å². The molecule has 4 nitrogen and oxygen atoms in total. The van der Waals surface area contributed by atoms with Crippen LogP contribution in [-0.2, 0) is 0 Å². The molecule has 4 N–H and O–H groups in total. The predicted molar refractivity (Wildman–Crippen MR) is 73.3 cm³/mol. The van der Waals surface area contributed by atoms with Crippen molar-refractivity contribution >= 4 is 11.0 Å². The highest BCUT2D eigenvalue weighted by molar-refractivity contribution is 5.75. The summed E-state index contributed by atoms with van der Waals surface area (Å²) in [7, 11) is 0. The van der Waals surface area contributed by atoms with Gasteiger partial charge >= 0.3 is 0 Å². The smallest absolute Gasteiger partial charge is 0.0931 e. The molecule has 96 valence electrons. The fourth-order valence-electron chi connectivity index (χ4n) is 2.75. The Kier molecular flexibility index (Phi) is 3.30. The minimum absolute atomic E-state index is 0.105. The zero-order valence-electron chi connectivity index (χ0n) is 10.5. The van der Waals surface area contributed by atoms with E-state index >= 15 is 0 Å². The molecule has 2 heterocycles. The first-order valence-corrected chi connectivity index (χ1v) is 6.75. The van der Waals surface area contributed by atoms with Gasteiger partial charge in [0.1, 0.15) is 0 Å². The van der Waals surface area contributed by atoms with Crippen molar-refractivity contribution in [3.8, 4) is 0 Å². The van der Waals surface area contributed by atoms with Crippen LogP contribution in [0.4, 0.5) is 0 Å². The van der Waals surface area contributed by atoms with Crippen molar-refractivity contribution < 1.29 is 0 Å². The second kappa shape index (κ2) is 5.08. The third-order valence-corrected chi connectivity index (χ3v) is 3.82. The zero-order valence-corrected chi connectivity index (χ0v) is 10.5. The largest absolute Gasteiger partial charge is 0.345 e. The number of aromatic amines is 1. The van der Waals surface area contributed by atoms with E-state index in [1.165, 1.54) is 24.8 Å². The van der Waals surface area contributed by atoms with Crippen LogP contribution < -0.4 is 11.1 Å². The van der Waals surface area contributed by atoms with Gasteiger partial charge in [-0.3, -0.25) is 0 Å². The molecule has 1 aliphatic heterocycles. The average molecular weight is 244 g/mol. The van der Waals surface area contributed by atoms with Crippen molar-refractivity contribution in [1.82, 2.24) is 15.3 Å². The minimum atomic E-state index is 0.105. The SMILES string of the molecule is NC(CC1CCCCN1)c1ccc2nc[nH]c2c1. The molecular weight excluding hydrogens is 224 g/mol. The zero-order chi connectivity index (χ0) is 12.4. The van der Waals surface area contributed by atoms with Crippen LogP contribution in [-0.4, -0.2) is 22.6 Å². The van der Waals surface area contributed by atoms with E-state index in [2.05, 4.69) is 27.4 Å². The molecule has 0 spiro atoms. The number of nitrogens with one attached hydrogen (secondary N) is 2. The lowest BCUT2D eigenvalue weighted by molar-refractivity contribution is 0.362. The van der Waals surface area contributed by atoms with Crippen molar-refractivity contribution in [2.45, 2.75) is 37.8 Å². The molecule has 18 heavy (non-hydrogen) atoms. The lowest BCUT2D eigenvalue weighted by Crippen LogP contribution is -2.36. The minimum Gasteiger partial charge on any atom is -0.345 e. The van der Waals surface area contributed by atoms with E-state index in [-0.39, 0.29) is 6.04 Å². The molecule has 0 aliphatic carbocycles. The Balaban J connectivity index is 1.72. The molecular formula is C14H20N4. The Morgan fingerprint density at radius 1 is 1.39 bits per heavy atom. The third kappa shape index (κ3) is 2.40. The van der Waals surface area contributed by atoms with E-state index in [1.54, 1.807) is 6.33 Å². The molecule has 3 rings (SSSR count). The maximum Gasteiger partial charge on any atom is 0.0931 e. The van der Waals surface area contributed by atoms with Gasteiger partial charge in [-0.2, -0.15) is 0 Å². The summed E-state index contributed by atoms with van der Waals surface area (Å²) in [6, 6.07) is 6.93. The van der Waals surface area contributed by atoms with Crippen molar-refractivity contribution in [1.29, 1.82) is 0 Å². The highest BCUT2D eigenvalue weighted by atomic mass is 14.9. The molecule has 0 bridgehead atoms. The number of fused-ring (bicyclic) bond motifs is 1. The van der Waals surface area contributed by atoms with E-state index in [9.17, 15) is 0 Å². The molecule has 4 heteroatoms. The second-order valence-electron chi connectivity index (χ2n) is 5.17. The van der Waals surface area contributed by atoms with Gasteiger partial charge in [0, 0.05) is 12.1 Å². The topological polar surface area (TPSA) is 66.7 Å². The van der Waals surface area contributed by atoms with Gasteiger partial charge in [0.05, 0.1) is 17.4 Å². The molecule has 2 atom stereocenters. The van der Waals surface area contributed by atoms with E-state index in [0.717, 1.165) is 24.0 Å². The first-order chi connectivity index (χ1) is 8.83. The number of aromatic nitrogens is 2. The van der Waals surface area contributed by atoms with Gasteiger partial charge in [-0.1, -0.05) is 12.5 Å². The summed E-state index contributed by atoms with van der Waals surface area (Å²) in [5.41, 5.74) is 9.58. The van der Waals surface area contributed by atoms with Crippen molar-refractivity contribution in [3.63, 3.8) is 0 Å². The van der Waals surface area contributed by atoms with Gasteiger partial charge in [-0.05, 0) is 43.5 Å². The molecule has 1 aromatic carbocycles. The monoisotopic (exact) mass is 244 g/mol. The number of benzene rings is 1. The number of H-pyrrole nitrogens is 1. The van der Waals surface area contributed by atoms with Crippen LogP contribution in [0.1, 0.15) is 37.3 Å². The molecule has 0 radical (unpaired) electrons. The number of nitrogens with zero attached hydrogens (tertiary/aromatic N) is 1. The van der Waals surface area contributed by atoms with Gasteiger partial charge in [0.25, 0.3) is 0 Å². The quantitative estimate of drug-likeness (QED) is 0.774. The molecule has 1 aromatic heterocycles. The Morgan fingerprint density at radius 2 is 2.33 bits per heavy atom. The number of imidazole rings is 1. The third-order valence-electron chi connectivity index (χ3n) is 3.82. The van der Waals surface area contributed by atoms with Crippen LogP contribution >= 0.6 is 0 Å². The van der Waals surface area contributed by atoms with Crippen LogP contribution in [0.25, 0.3) is 11.0 Å². The summed E-state index contributed by atoms with van der Waals surface area (Å²) in [5, 5.41) is 3.55. The summed E-state index contributed by atoms with van der Waals surface area (Å²) < 4.78 is 0. The van der Waals surface area contributed by atoms with Crippen molar-refractivity contribution in [3.05, 3.63) is 30.1 Å². The number of piperidine rings is 1. The molecule has 0 saturated carbocycles. The predicted octanol–water partition coefficient (Wildman–Crippen LogP) is 2.09. The van der Waals surface area contributed by atoms with E-state index < -0.39 is 0 Å². The fourth-order valence-corrected chi connectivity index (χ4v) is 2.75. The van der Waals surface area contributed by atoms with E-state index in [0.29, 0.717) is 6.04 Å². The van der Waals surface area contributed by atoms with Crippen LogP contribution in [0.15, 0.2) is 24.5 Å². The fraction of sp³-hybridized carbons (Fsp3) is 0.500. The Bertz CT molecular complexity index is 513. The standard InChI is InChI=1S/C14H20N4/c15-12(8-11-3-1-2-6-16-11)10-4-5-13-14(7-10)18-9-17-13/h4-5,7,9,11-12,16H,1-3,6,8,15H2,(H,17,18). The maximum absolute atomic E-state index is 6.31. The van der Waals surface area contributed by atoms with Gasteiger partial charge in [0.2, 0.25) is 0 Å². The van der Waals surface area contributed by atoms with Gasteiger partial charge in [-0.25, -0.2) is 4.98 Å². The normalized spacial score (nSPS) is 22.2. The maximum atomic E-state index is 6.31. The summed E-state index contributed by atoms with van der Waals surface area (Å²) in [6.07, 6.45) is 6.61. The second-order valence-corrected chi connectivity index (χ2v) is 5.17. The summed E-state index contributed by atoms with van der Waals surface area (Å²) in [6.45, 7) is 1.14. The highest BCUT2D eigenvalue weighted by Gasteiger charge is 2.17. The summed E-state index contributed by atoms with van der Waals surface area (Å²) >= 11 is 0. The molecule has 2 aromatic rings. The number of nitrogens with two attached hydrogens (primary N) is 1. The summed E-state index contributed by atoms with van der Waals surface area (Å²) in [4.78, 5) is 7.36.